The summed E-state index contributed by atoms with van der Waals surface area (Å²) >= 11 is 0. The Morgan fingerprint density at radius 3 is 2.41 bits per heavy atom. The predicted molar refractivity (Wildman–Crippen MR) is 210 cm³/mol. The number of unbranched alkanes of at least 4 members (excludes halogenated alkanes) is 1. The van der Waals surface area contributed by atoms with Crippen molar-refractivity contribution in [2.24, 2.45) is 0 Å². The lowest BCUT2D eigenvalue weighted by atomic mass is 9.96. The lowest BCUT2D eigenvalue weighted by Crippen LogP contribution is -2.26. The third kappa shape index (κ3) is 11.1. The van der Waals surface area contributed by atoms with E-state index in [4.69, 9.17) is 9.47 Å². The molecule has 1 atom stereocenters. The summed E-state index contributed by atoms with van der Waals surface area (Å²) in [6.07, 6.45) is 13.7. The van der Waals surface area contributed by atoms with Crippen LogP contribution in [0.15, 0.2) is 89.7 Å². The molecule has 0 saturated heterocycles. The number of amides is 1. The normalized spacial score (nSPS) is 15.0. The maximum atomic E-state index is 13.8. The van der Waals surface area contributed by atoms with Crippen LogP contribution in [0.4, 0.5) is 11.4 Å². The number of rotatable bonds is 17. The maximum absolute atomic E-state index is 13.8. The molecule has 272 valence electrons. The summed E-state index contributed by atoms with van der Waals surface area (Å²) in [5.74, 6) is 1.12. The predicted octanol–water partition coefficient (Wildman–Crippen LogP) is 9.28. The van der Waals surface area contributed by atoms with Gasteiger partial charge in [0.15, 0.2) is 0 Å². The Kier molecular flexibility index (Phi) is 14.9. The third-order valence-corrected chi connectivity index (χ3v) is 10.5. The third-order valence-electron chi connectivity index (χ3n) is 9.10. The van der Waals surface area contributed by atoms with E-state index in [-0.39, 0.29) is 5.91 Å². The molecular formula is C42H54N4O4S. The number of nitrogens with zero attached hydrogens (tertiary/aromatic N) is 3. The maximum Gasteiger partial charge on any atom is 0.251 e. The van der Waals surface area contributed by atoms with Gasteiger partial charge in [0.25, 0.3) is 5.91 Å². The monoisotopic (exact) mass is 710 g/mol. The molecule has 9 heteroatoms. The Hall–Kier alpha value is -4.21. The number of carbonyl (C=O) groups is 1. The topological polar surface area (TPSA) is 85.7 Å². The van der Waals surface area contributed by atoms with Crippen molar-refractivity contribution in [1.29, 1.82) is 0 Å². The van der Waals surface area contributed by atoms with Gasteiger partial charge in [-0.25, -0.2) is 4.98 Å². The molecule has 5 rings (SSSR count). The van der Waals surface area contributed by atoms with Crippen LogP contribution in [-0.2, 0) is 32.6 Å². The molecule has 0 fully saturated rings. The Bertz CT molecular complexity index is 1730. The fourth-order valence-corrected chi connectivity index (χ4v) is 7.45. The van der Waals surface area contributed by atoms with Gasteiger partial charge in [0.2, 0.25) is 0 Å². The van der Waals surface area contributed by atoms with Gasteiger partial charge in [-0.15, -0.1) is 0 Å². The van der Waals surface area contributed by atoms with Crippen LogP contribution in [0, 0.1) is 0 Å². The minimum Gasteiger partial charge on any atom is -0.491 e. The molecule has 3 aromatic carbocycles. The Morgan fingerprint density at radius 1 is 0.863 bits per heavy atom. The average molecular weight is 711 g/mol. The minimum absolute atomic E-state index is 0.105. The molecular weight excluding hydrogens is 657 g/mol. The highest BCUT2D eigenvalue weighted by Crippen LogP contribution is 2.33. The highest BCUT2D eigenvalue weighted by Gasteiger charge is 2.18. The van der Waals surface area contributed by atoms with Gasteiger partial charge >= 0.3 is 0 Å². The highest BCUT2D eigenvalue weighted by atomic mass is 32.2. The molecule has 4 aromatic rings. The van der Waals surface area contributed by atoms with Crippen LogP contribution < -0.4 is 15.0 Å². The molecule has 1 aliphatic rings. The van der Waals surface area contributed by atoms with E-state index in [2.05, 4.69) is 76.9 Å². The lowest BCUT2D eigenvalue weighted by molar-refractivity contribution is -0.112. The van der Waals surface area contributed by atoms with Crippen LogP contribution >= 0.6 is 0 Å². The summed E-state index contributed by atoms with van der Waals surface area (Å²) in [6.45, 7) is 11.2. The minimum atomic E-state index is -1.21. The highest BCUT2D eigenvalue weighted by molar-refractivity contribution is 7.84. The molecule has 1 amide bonds. The van der Waals surface area contributed by atoms with Crippen molar-refractivity contribution in [3.05, 3.63) is 96.1 Å². The van der Waals surface area contributed by atoms with Gasteiger partial charge < -0.3 is 24.3 Å². The summed E-state index contributed by atoms with van der Waals surface area (Å²) in [4.78, 5) is 21.3. The van der Waals surface area contributed by atoms with Gasteiger partial charge in [-0.3, -0.25) is 9.00 Å². The first-order valence-corrected chi connectivity index (χ1v) is 20.0. The van der Waals surface area contributed by atoms with E-state index >= 15 is 0 Å². The van der Waals surface area contributed by atoms with Crippen molar-refractivity contribution in [2.75, 3.05) is 43.1 Å². The van der Waals surface area contributed by atoms with Crippen LogP contribution in [0.1, 0.15) is 83.4 Å². The largest absolute Gasteiger partial charge is 0.491 e. The number of hydrogen-bond donors (Lipinski definition) is 1. The molecule has 1 unspecified atom stereocenters. The summed E-state index contributed by atoms with van der Waals surface area (Å²) in [5, 5.41) is 3.13. The summed E-state index contributed by atoms with van der Waals surface area (Å²) in [5.41, 5.74) is 6.79. The molecule has 0 bridgehead atoms. The van der Waals surface area contributed by atoms with Gasteiger partial charge in [0.1, 0.15) is 12.4 Å². The number of fused-ring (bicyclic) bond motifs is 1. The van der Waals surface area contributed by atoms with Crippen molar-refractivity contribution < 1.29 is 18.5 Å². The van der Waals surface area contributed by atoms with Gasteiger partial charge in [-0.05, 0) is 110 Å². The second kappa shape index (κ2) is 20.0. The van der Waals surface area contributed by atoms with Crippen molar-refractivity contribution >= 4 is 34.2 Å². The number of nitrogens with one attached hydrogen (secondary N) is 1. The summed E-state index contributed by atoms with van der Waals surface area (Å²) < 4.78 is 26.7. The van der Waals surface area contributed by atoms with E-state index in [9.17, 15) is 9.00 Å². The van der Waals surface area contributed by atoms with Crippen LogP contribution in [-0.4, -0.2) is 52.6 Å². The molecule has 8 nitrogen and oxygen atoms in total. The van der Waals surface area contributed by atoms with E-state index in [1.54, 1.807) is 12.5 Å². The Morgan fingerprint density at radius 2 is 1.65 bits per heavy atom. The average Bonchev–Trinajstić information content (AvgIpc) is 3.58. The number of aromatic nitrogens is 2. The zero-order valence-corrected chi connectivity index (χ0v) is 31.4. The lowest BCUT2D eigenvalue weighted by Gasteiger charge is -2.28. The zero-order valence-electron chi connectivity index (χ0n) is 30.6. The second-order valence-corrected chi connectivity index (χ2v) is 14.6. The Labute approximate surface area is 306 Å². The smallest absolute Gasteiger partial charge is 0.251 e. The van der Waals surface area contributed by atoms with Crippen molar-refractivity contribution in [1.82, 2.24) is 9.55 Å². The molecule has 1 N–H and O–H groups in total. The molecule has 0 aliphatic carbocycles. The molecule has 0 spiro atoms. The van der Waals surface area contributed by atoms with Crippen molar-refractivity contribution in [3.8, 4) is 16.9 Å². The van der Waals surface area contributed by atoms with Crippen LogP contribution in [0.3, 0.4) is 0 Å². The first-order valence-electron chi connectivity index (χ1n) is 18.7. The Balaban J connectivity index is 1.32. The van der Waals surface area contributed by atoms with Crippen molar-refractivity contribution in [2.45, 2.75) is 89.3 Å². The molecule has 1 aromatic heterocycles. The molecule has 2 heterocycles. The number of ether oxygens (including phenoxy) is 2. The van der Waals surface area contributed by atoms with Gasteiger partial charge in [0, 0.05) is 54.3 Å². The molecule has 0 radical (unpaired) electrons. The number of imidazole rings is 1. The summed E-state index contributed by atoms with van der Waals surface area (Å²) in [7, 11) is -1.21. The van der Waals surface area contributed by atoms with Crippen LogP contribution in [0.5, 0.6) is 5.75 Å². The quantitative estimate of drug-likeness (QED) is 0.110. The van der Waals surface area contributed by atoms with Gasteiger partial charge in [-0.2, -0.15) is 0 Å². The molecule has 1 aliphatic heterocycles. The number of hydrogen-bond acceptors (Lipinski definition) is 6. The fraction of sp³-hybridized carbons (Fsp3) is 0.429. The zero-order chi connectivity index (χ0) is 35.8. The number of anilines is 2. The molecule has 0 saturated carbocycles. The van der Waals surface area contributed by atoms with E-state index in [1.807, 2.05) is 36.4 Å². The van der Waals surface area contributed by atoms with E-state index < -0.39 is 10.8 Å². The van der Waals surface area contributed by atoms with Crippen molar-refractivity contribution in [3.63, 3.8) is 0 Å². The van der Waals surface area contributed by atoms with Gasteiger partial charge in [-0.1, -0.05) is 51.8 Å². The number of aryl methyl sites for hydroxylation is 1. The van der Waals surface area contributed by atoms with Crippen LogP contribution in [0.25, 0.3) is 17.2 Å². The second-order valence-electron chi connectivity index (χ2n) is 13.1. The first kappa shape index (κ1) is 38.0. The van der Waals surface area contributed by atoms with Crippen LogP contribution in [0.2, 0.25) is 0 Å². The van der Waals surface area contributed by atoms with E-state index in [0.29, 0.717) is 31.1 Å². The first-order chi connectivity index (χ1) is 25.0. The van der Waals surface area contributed by atoms with E-state index in [1.165, 1.54) is 0 Å². The number of carbonyl (C=O) groups excluding carboxylic acids is 1. The van der Waals surface area contributed by atoms with Gasteiger partial charge in [0.05, 0.1) is 35.2 Å². The SMILES string of the molecule is CCCCOCCOc1ccc(-c2ccc3c(c2)/C=C(/C(=O)Nc2ccc(S(=O)Cc4cncn4CCC)cc2)CCCCCN3CCC)cc1. The summed E-state index contributed by atoms with van der Waals surface area (Å²) in [6, 6.07) is 22.2. The standard InChI is InChI=1S/C42H54N4O4S/c1-4-7-25-49-26-27-50-39-17-12-33(13-18-39)34-14-21-41-36(28-34)29-35(11-9-8-10-24-45(41)22-5-2)42(47)44-37-15-19-40(20-16-37)51(48)31-38-30-43-32-46(38)23-6-3/h12-21,28-30,32H,4-11,22-27,31H2,1-3H3,(H,44,47)/b35-29+. The number of benzene rings is 3. The fourth-order valence-electron chi connectivity index (χ4n) is 6.33. The van der Waals surface area contributed by atoms with E-state index in [0.717, 1.165) is 115 Å². The molecule has 51 heavy (non-hydrogen) atoms.